The third kappa shape index (κ3) is 1.90. The predicted molar refractivity (Wildman–Crippen MR) is 30.9 cm³/mol. The Kier molecular flexibility index (Phi) is 1.91. The fourth-order valence-electron chi connectivity index (χ4n) is 0.417. The van der Waals surface area contributed by atoms with Crippen molar-refractivity contribution >= 4 is 11.1 Å². The monoisotopic (exact) mass is 147 g/mol. The molecule has 2 N–H and O–H groups in total. The van der Waals surface area contributed by atoms with E-state index in [2.05, 4.69) is 15.2 Å². The molecule has 5 nitrogen and oxygen atoms in total. The first-order valence-electron chi connectivity index (χ1n) is 2.21. The molecule has 0 aromatic carbocycles. The van der Waals surface area contributed by atoms with E-state index in [0.717, 1.165) is 0 Å². The highest BCUT2D eigenvalue weighted by atomic mass is 32.2. The summed E-state index contributed by atoms with van der Waals surface area (Å²) in [6, 6.07) is 0. The molecule has 50 valence electrons. The molecule has 0 aliphatic rings. The van der Waals surface area contributed by atoms with Crippen LogP contribution in [0.4, 0.5) is 0 Å². The molecule has 0 radical (unpaired) electrons. The lowest BCUT2D eigenvalue weighted by molar-refractivity contribution is 0.562. The van der Waals surface area contributed by atoms with Gasteiger partial charge in [0.05, 0.1) is 0 Å². The van der Waals surface area contributed by atoms with E-state index >= 15 is 0 Å². The van der Waals surface area contributed by atoms with Gasteiger partial charge >= 0.3 is 0 Å². The molecule has 0 bridgehead atoms. The van der Waals surface area contributed by atoms with Crippen molar-refractivity contribution in [1.29, 1.82) is 0 Å². The maximum absolute atomic E-state index is 10.1. The number of rotatable bonds is 2. The van der Waals surface area contributed by atoms with Crippen LogP contribution in [-0.2, 0) is 16.8 Å². The van der Waals surface area contributed by atoms with Gasteiger partial charge in [0.25, 0.3) is 0 Å². The summed E-state index contributed by atoms with van der Waals surface area (Å²) in [4.78, 5) is 3.64. The fraction of sp³-hybridized carbons (Fsp3) is 0.333. The van der Waals surface area contributed by atoms with Crippen LogP contribution >= 0.6 is 0 Å². The van der Waals surface area contributed by atoms with Crippen molar-refractivity contribution in [2.75, 3.05) is 0 Å². The van der Waals surface area contributed by atoms with E-state index in [1.807, 2.05) is 0 Å². The summed E-state index contributed by atoms with van der Waals surface area (Å²) in [7, 11) is 0. The maximum atomic E-state index is 10.1. The average molecular weight is 147 g/mol. The molecule has 0 saturated carbocycles. The van der Waals surface area contributed by atoms with E-state index in [0.29, 0.717) is 5.82 Å². The molecule has 9 heavy (non-hydrogen) atoms. The van der Waals surface area contributed by atoms with Crippen LogP contribution in [0.3, 0.4) is 0 Å². The fourth-order valence-corrected chi connectivity index (χ4v) is 0.790. The first-order chi connectivity index (χ1) is 4.29. The van der Waals surface area contributed by atoms with E-state index < -0.39 is 11.1 Å². The molecule has 0 aliphatic heterocycles. The van der Waals surface area contributed by atoms with Crippen LogP contribution in [-0.4, -0.2) is 23.9 Å². The zero-order chi connectivity index (χ0) is 6.69. The molecule has 0 aliphatic carbocycles. The van der Waals surface area contributed by atoms with Gasteiger partial charge in [-0.15, -0.1) is 0 Å². The van der Waals surface area contributed by atoms with Crippen molar-refractivity contribution < 1.29 is 8.76 Å². The van der Waals surface area contributed by atoms with Crippen molar-refractivity contribution in [1.82, 2.24) is 15.2 Å². The molecular weight excluding hydrogens is 142 g/mol. The summed E-state index contributed by atoms with van der Waals surface area (Å²) in [5.74, 6) is 0.441. The number of aromatic amines is 1. The van der Waals surface area contributed by atoms with Gasteiger partial charge < -0.3 is 4.55 Å². The van der Waals surface area contributed by atoms with Crippen LogP contribution in [0, 0.1) is 0 Å². The first-order valence-corrected chi connectivity index (χ1v) is 3.48. The van der Waals surface area contributed by atoms with E-state index in [-0.39, 0.29) is 5.75 Å². The van der Waals surface area contributed by atoms with Gasteiger partial charge in [-0.2, -0.15) is 5.10 Å². The molecule has 0 spiro atoms. The Morgan fingerprint density at radius 3 is 3.11 bits per heavy atom. The predicted octanol–water partition coefficient (Wildman–Crippen LogP) is -0.474. The molecule has 1 rings (SSSR count). The second-order valence-corrected chi connectivity index (χ2v) is 2.33. The van der Waals surface area contributed by atoms with Crippen molar-refractivity contribution in [2.24, 2.45) is 0 Å². The summed E-state index contributed by atoms with van der Waals surface area (Å²) >= 11 is -1.83. The Labute approximate surface area is 53.8 Å². The zero-order valence-electron chi connectivity index (χ0n) is 4.44. The lowest BCUT2D eigenvalue weighted by Gasteiger charge is -1.85. The molecule has 0 saturated heterocycles. The molecule has 1 atom stereocenters. The summed E-state index contributed by atoms with van der Waals surface area (Å²) < 4.78 is 18.4. The standard InChI is InChI=1S/C3H5N3O2S/c7-9(8)1-3-4-2-5-6-3/h2H,1H2,(H,7,8)(H,4,5,6). The third-order valence-electron chi connectivity index (χ3n) is 0.725. The van der Waals surface area contributed by atoms with E-state index in [4.69, 9.17) is 4.55 Å². The summed E-state index contributed by atoms with van der Waals surface area (Å²) in [5, 5.41) is 5.95. The van der Waals surface area contributed by atoms with Gasteiger partial charge in [-0.25, -0.2) is 9.19 Å². The van der Waals surface area contributed by atoms with Crippen LogP contribution in [0.2, 0.25) is 0 Å². The highest BCUT2D eigenvalue weighted by molar-refractivity contribution is 7.78. The Morgan fingerprint density at radius 2 is 2.67 bits per heavy atom. The number of nitrogens with one attached hydrogen (secondary N) is 1. The molecule has 0 fully saturated rings. The minimum atomic E-state index is -1.83. The highest BCUT2D eigenvalue weighted by Gasteiger charge is 1.97. The summed E-state index contributed by atoms with van der Waals surface area (Å²) in [5.41, 5.74) is 0. The van der Waals surface area contributed by atoms with E-state index in [1.54, 1.807) is 0 Å². The van der Waals surface area contributed by atoms with Crippen LogP contribution in [0.5, 0.6) is 0 Å². The lowest BCUT2D eigenvalue weighted by Crippen LogP contribution is -1.94. The van der Waals surface area contributed by atoms with Gasteiger partial charge in [0.2, 0.25) is 0 Å². The minimum Gasteiger partial charge on any atom is -0.306 e. The average Bonchev–Trinajstić information content (AvgIpc) is 2.15. The summed E-state index contributed by atoms with van der Waals surface area (Å²) in [6.07, 6.45) is 1.29. The molecule has 6 heteroatoms. The normalized spacial score (nSPS) is 13.4. The largest absolute Gasteiger partial charge is 0.306 e. The lowest BCUT2D eigenvalue weighted by atomic mass is 10.7. The van der Waals surface area contributed by atoms with Gasteiger partial charge in [-0.3, -0.25) is 5.10 Å². The number of hydrogen-bond acceptors (Lipinski definition) is 3. The second-order valence-electron chi connectivity index (χ2n) is 1.40. The van der Waals surface area contributed by atoms with Crippen molar-refractivity contribution in [3.63, 3.8) is 0 Å². The molecular formula is C3H5N3O2S. The van der Waals surface area contributed by atoms with Crippen LogP contribution in [0.15, 0.2) is 6.33 Å². The number of hydrogen-bond donors (Lipinski definition) is 2. The van der Waals surface area contributed by atoms with E-state index in [1.165, 1.54) is 6.33 Å². The van der Waals surface area contributed by atoms with Gasteiger partial charge in [0.1, 0.15) is 17.9 Å². The quantitative estimate of drug-likeness (QED) is 0.554. The first kappa shape index (κ1) is 6.37. The van der Waals surface area contributed by atoms with Crippen molar-refractivity contribution in [3.8, 4) is 0 Å². The Balaban J connectivity index is 2.58. The topological polar surface area (TPSA) is 78.9 Å². The Hall–Kier alpha value is -0.750. The van der Waals surface area contributed by atoms with Gasteiger partial charge in [0, 0.05) is 0 Å². The highest BCUT2D eigenvalue weighted by Crippen LogP contribution is 1.88. The zero-order valence-corrected chi connectivity index (χ0v) is 5.26. The molecule has 1 unspecified atom stereocenters. The maximum Gasteiger partial charge on any atom is 0.160 e. The Morgan fingerprint density at radius 1 is 1.89 bits per heavy atom. The van der Waals surface area contributed by atoms with Crippen molar-refractivity contribution in [2.45, 2.75) is 5.75 Å². The SMILES string of the molecule is O=S(O)Cc1ncn[nH]1. The van der Waals surface area contributed by atoms with Gasteiger partial charge in [0.15, 0.2) is 11.1 Å². The van der Waals surface area contributed by atoms with Crippen LogP contribution in [0.25, 0.3) is 0 Å². The smallest absolute Gasteiger partial charge is 0.160 e. The van der Waals surface area contributed by atoms with Crippen LogP contribution in [0.1, 0.15) is 5.82 Å². The van der Waals surface area contributed by atoms with Gasteiger partial charge in [-0.05, 0) is 0 Å². The Bertz CT molecular complexity index is 197. The van der Waals surface area contributed by atoms with Crippen LogP contribution < -0.4 is 0 Å². The van der Waals surface area contributed by atoms with Gasteiger partial charge in [-0.1, -0.05) is 0 Å². The van der Waals surface area contributed by atoms with Crippen molar-refractivity contribution in [3.05, 3.63) is 12.2 Å². The minimum absolute atomic E-state index is 0.0139. The molecule has 1 aromatic heterocycles. The number of nitrogens with zero attached hydrogens (tertiary/aromatic N) is 2. The van der Waals surface area contributed by atoms with E-state index in [9.17, 15) is 4.21 Å². The number of aromatic nitrogens is 3. The molecule has 1 heterocycles. The third-order valence-corrected chi connectivity index (χ3v) is 1.25. The molecule has 1 aromatic rings. The molecule has 0 amide bonds. The summed E-state index contributed by atoms with van der Waals surface area (Å²) in [6.45, 7) is 0. The second kappa shape index (κ2) is 2.70. The number of H-pyrrole nitrogens is 1.